The normalized spacial score (nSPS) is 16.3. The highest BCUT2D eigenvalue weighted by molar-refractivity contribution is 5.96. The number of aliphatic hydroxyl groups is 1. The highest BCUT2D eigenvalue weighted by atomic mass is 16.3. The summed E-state index contributed by atoms with van der Waals surface area (Å²) in [6, 6.07) is 10.1. The molecule has 0 spiro atoms. The van der Waals surface area contributed by atoms with Crippen LogP contribution in [0.2, 0.25) is 0 Å². The minimum atomic E-state index is -0.739. The molecular weight excluding hydrogens is 314 g/mol. The number of aryl methyl sites for hydroxylation is 1. The Morgan fingerprint density at radius 3 is 2.88 bits per heavy atom. The van der Waals surface area contributed by atoms with E-state index in [1.54, 1.807) is 6.08 Å². The first-order chi connectivity index (χ1) is 12.1. The molecule has 1 fully saturated rings. The molecule has 0 atom stereocenters. The minimum absolute atomic E-state index is 0.200. The molecule has 2 N–H and O–H groups in total. The van der Waals surface area contributed by atoms with E-state index in [-0.39, 0.29) is 5.91 Å². The maximum absolute atomic E-state index is 12.1. The molecule has 1 heterocycles. The summed E-state index contributed by atoms with van der Waals surface area (Å²) in [4.78, 5) is 12.1. The molecule has 1 aromatic carbocycles. The first-order valence-corrected chi connectivity index (χ1v) is 8.74. The molecule has 1 amide bonds. The Labute approximate surface area is 147 Å². The summed E-state index contributed by atoms with van der Waals surface area (Å²) in [5.74, 6) is -0.200. The first kappa shape index (κ1) is 17.2. The number of carbonyl (C=O) groups excluding carboxylic acids is 1. The molecule has 2 aromatic rings. The van der Waals surface area contributed by atoms with Crippen molar-refractivity contribution in [3.8, 4) is 6.07 Å². The third-order valence-corrected chi connectivity index (χ3v) is 4.82. The third kappa shape index (κ3) is 4.09. The van der Waals surface area contributed by atoms with E-state index in [0.717, 1.165) is 42.1 Å². The standard InChI is InChI=1S/C20H23N3O2/c21-12-5-13-23-14-16(17-6-1-2-7-18(17)23)8-9-19(24)22-15-20(25)10-3-4-11-20/h1-2,6-9,14,25H,3-5,10-11,13,15H2,(H,22,24)/b9-8+. The number of nitrogens with zero attached hydrogens (tertiary/aromatic N) is 2. The lowest BCUT2D eigenvalue weighted by Crippen LogP contribution is -2.40. The fourth-order valence-electron chi connectivity index (χ4n) is 3.45. The van der Waals surface area contributed by atoms with Gasteiger partial charge in [0.15, 0.2) is 0 Å². The summed E-state index contributed by atoms with van der Waals surface area (Å²) in [6.07, 6.45) is 9.26. The number of benzene rings is 1. The van der Waals surface area contributed by atoms with Crippen molar-refractivity contribution in [2.24, 2.45) is 0 Å². The summed E-state index contributed by atoms with van der Waals surface area (Å²) in [7, 11) is 0. The number of hydrogen-bond acceptors (Lipinski definition) is 3. The smallest absolute Gasteiger partial charge is 0.244 e. The van der Waals surface area contributed by atoms with E-state index in [4.69, 9.17) is 5.26 Å². The number of nitrogens with one attached hydrogen (secondary N) is 1. The maximum atomic E-state index is 12.1. The topological polar surface area (TPSA) is 78.0 Å². The molecular formula is C20H23N3O2. The van der Waals surface area contributed by atoms with Crippen LogP contribution in [-0.2, 0) is 11.3 Å². The zero-order valence-corrected chi connectivity index (χ0v) is 14.2. The van der Waals surface area contributed by atoms with Gasteiger partial charge in [-0.15, -0.1) is 0 Å². The van der Waals surface area contributed by atoms with Gasteiger partial charge in [-0.1, -0.05) is 31.0 Å². The van der Waals surface area contributed by atoms with Gasteiger partial charge in [-0.3, -0.25) is 4.79 Å². The Balaban J connectivity index is 1.70. The monoisotopic (exact) mass is 337 g/mol. The second-order valence-corrected chi connectivity index (χ2v) is 6.69. The van der Waals surface area contributed by atoms with E-state index in [9.17, 15) is 9.90 Å². The zero-order valence-electron chi connectivity index (χ0n) is 14.2. The zero-order chi connectivity index (χ0) is 17.7. The van der Waals surface area contributed by atoms with E-state index in [2.05, 4.69) is 11.4 Å². The first-order valence-electron chi connectivity index (χ1n) is 8.74. The van der Waals surface area contributed by atoms with Crippen molar-refractivity contribution >= 4 is 22.9 Å². The molecule has 5 nitrogen and oxygen atoms in total. The summed E-state index contributed by atoms with van der Waals surface area (Å²) >= 11 is 0. The molecule has 1 aliphatic carbocycles. The predicted molar refractivity (Wildman–Crippen MR) is 97.6 cm³/mol. The van der Waals surface area contributed by atoms with Crippen LogP contribution in [0.1, 0.15) is 37.7 Å². The third-order valence-electron chi connectivity index (χ3n) is 4.82. The molecule has 130 valence electrons. The fourth-order valence-corrected chi connectivity index (χ4v) is 3.45. The van der Waals surface area contributed by atoms with Gasteiger partial charge in [0.1, 0.15) is 0 Å². The van der Waals surface area contributed by atoms with Gasteiger partial charge in [0.2, 0.25) is 5.91 Å². The van der Waals surface area contributed by atoms with Crippen molar-refractivity contribution in [2.75, 3.05) is 6.54 Å². The Morgan fingerprint density at radius 1 is 1.36 bits per heavy atom. The van der Waals surface area contributed by atoms with Crippen molar-refractivity contribution in [3.63, 3.8) is 0 Å². The molecule has 0 unspecified atom stereocenters. The van der Waals surface area contributed by atoms with Crippen molar-refractivity contribution in [2.45, 2.75) is 44.2 Å². The summed E-state index contributed by atoms with van der Waals surface area (Å²) in [6.45, 7) is 0.935. The van der Waals surface area contributed by atoms with Crippen LogP contribution in [0, 0.1) is 11.3 Å². The van der Waals surface area contributed by atoms with Crippen molar-refractivity contribution in [3.05, 3.63) is 42.1 Å². The number of rotatable bonds is 6. The number of aromatic nitrogens is 1. The molecule has 0 saturated heterocycles. The predicted octanol–water partition coefficient (Wildman–Crippen LogP) is 2.99. The fraction of sp³-hybridized carbons (Fsp3) is 0.400. The summed E-state index contributed by atoms with van der Waals surface area (Å²) < 4.78 is 2.04. The Kier molecular flexibility index (Phi) is 5.20. The lowest BCUT2D eigenvalue weighted by Gasteiger charge is -2.21. The van der Waals surface area contributed by atoms with Crippen LogP contribution in [0.25, 0.3) is 17.0 Å². The van der Waals surface area contributed by atoms with Gasteiger partial charge in [0.25, 0.3) is 0 Å². The molecule has 1 aliphatic rings. The van der Waals surface area contributed by atoms with Gasteiger partial charge >= 0.3 is 0 Å². The Bertz CT molecular complexity index is 823. The van der Waals surface area contributed by atoms with E-state index < -0.39 is 5.60 Å². The number of para-hydroxylation sites is 1. The number of amides is 1. The van der Waals surface area contributed by atoms with Crippen LogP contribution < -0.4 is 5.32 Å². The second-order valence-electron chi connectivity index (χ2n) is 6.69. The maximum Gasteiger partial charge on any atom is 0.244 e. The van der Waals surface area contributed by atoms with E-state index >= 15 is 0 Å². The molecule has 1 aromatic heterocycles. The molecule has 0 radical (unpaired) electrons. The Hall–Kier alpha value is -2.58. The van der Waals surface area contributed by atoms with Gasteiger partial charge in [-0.2, -0.15) is 5.26 Å². The lowest BCUT2D eigenvalue weighted by atomic mass is 10.0. The number of nitriles is 1. The van der Waals surface area contributed by atoms with Gasteiger partial charge < -0.3 is 15.0 Å². The van der Waals surface area contributed by atoms with E-state index in [1.165, 1.54) is 6.08 Å². The van der Waals surface area contributed by atoms with Gasteiger partial charge in [-0.25, -0.2) is 0 Å². The summed E-state index contributed by atoms with van der Waals surface area (Å²) in [5.41, 5.74) is 1.26. The van der Waals surface area contributed by atoms with Crippen molar-refractivity contribution in [1.82, 2.24) is 9.88 Å². The van der Waals surface area contributed by atoms with Gasteiger partial charge in [-0.05, 0) is 25.0 Å². The lowest BCUT2D eigenvalue weighted by molar-refractivity contribution is -0.117. The van der Waals surface area contributed by atoms with Gasteiger partial charge in [0.05, 0.1) is 18.1 Å². The van der Waals surface area contributed by atoms with Crippen LogP contribution in [0.4, 0.5) is 0 Å². The van der Waals surface area contributed by atoms with Crippen molar-refractivity contribution < 1.29 is 9.90 Å². The highest BCUT2D eigenvalue weighted by Gasteiger charge is 2.30. The molecule has 1 saturated carbocycles. The summed E-state index contributed by atoms with van der Waals surface area (Å²) in [5, 5.41) is 22.9. The van der Waals surface area contributed by atoms with E-state index in [0.29, 0.717) is 19.5 Å². The van der Waals surface area contributed by atoms with Crippen LogP contribution in [0.15, 0.2) is 36.5 Å². The average Bonchev–Trinajstić information content (AvgIpc) is 3.21. The number of fused-ring (bicyclic) bond motifs is 1. The van der Waals surface area contributed by atoms with Gasteiger partial charge in [0, 0.05) is 41.8 Å². The second kappa shape index (κ2) is 7.54. The van der Waals surface area contributed by atoms with Crippen LogP contribution >= 0.6 is 0 Å². The van der Waals surface area contributed by atoms with Crippen LogP contribution in [-0.4, -0.2) is 27.7 Å². The quantitative estimate of drug-likeness (QED) is 0.796. The molecule has 3 rings (SSSR count). The van der Waals surface area contributed by atoms with E-state index in [1.807, 2.05) is 35.0 Å². The Morgan fingerprint density at radius 2 is 2.12 bits per heavy atom. The molecule has 0 bridgehead atoms. The van der Waals surface area contributed by atoms with Crippen LogP contribution in [0.3, 0.4) is 0 Å². The number of hydrogen-bond donors (Lipinski definition) is 2. The number of carbonyl (C=O) groups is 1. The van der Waals surface area contributed by atoms with Crippen molar-refractivity contribution in [1.29, 1.82) is 5.26 Å². The molecule has 25 heavy (non-hydrogen) atoms. The minimum Gasteiger partial charge on any atom is -0.388 e. The highest BCUT2D eigenvalue weighted by Crippen LogP contribution is 2.28. The molecule has 0 aliphatic heterocycles. The molecule has 5 heteroatoms. The SMILES string of the molecule is N#CCCn1cc(/C=C/C(=O)NCC2(O)CCCC2)c2ccccc21. The average molecular weight is 337 g/mol. The van der Waals surface area contributed by atoms with Crippen LogP contribution in [0.5, 0.6) is 0 Å². The largest absolute Gasteiger partial charge is 0.388 e.